The van der Waals surface area contributed by atoms with Crippen LogP contribution in [0.3, 0.4) is 0 Å². The van der Waals surface area contributed by atoms with Gasteiger partial charge in [-0.2, -0.15) is 4.31 Å². The minimum atomic E-state index is -3.21. The molecular weight excluding hydrogens is 302 g/mol. The van der Waals surface area contributed by atoms with Gasteiger partial charge in [-0.1, -0.05) is 11.6 Å². The normalized spacial score (nSPS) is 17.2. The molecule has 1 aromatic rings. The van der Waals surface area contributed by atoms with E-state index < -0.39 is 10.0 Å². The lowest BCUT2D eigenvalue weighted by atomic mass is 10.1. The first-order valence-corrected chi connectivity index (χ1v) is 8.31. The Balaban J connectivity index is 2.11. The second-order valence-electron chi connectivity index (χ2n) is 4.69. The highest BCUT2D eigenvalue weighted by Crippen LogP contribution is 2.21. The quantitative estimate of drug-likeness (QED) is 0.811. The van der Waals surface area contributed by atoms with Gasteiger partial charge < -0.3 is 10.6 Å². The molecule has 8 heteroatoms. The van der Waals surface area contributed by atoms with E-state index in [9.17, 15) is 13.2 Å². The van der Waals surface area contributed by atoms with Gasteiger partial charge in [0.15, 0.2) is 0 Å². The molecule has 1 saturated heterocycles. The lowest BCUT2D eigenvalue weighted by molar-refractivity contribution is 0.0698. The second-order valence-corrected chi connectivity index (χ2v) is 7.08. The minimum absolute atomic E-state index is 0.226. The smallest absolute Gasteiger partial charge is 0.255 e. The average molecular weight is 318 g/mol. The van der Waals surface area contributed by atoms with Crippen molar-refractivity contribution in [2.45, 2.75) is 0 Å². The Morgan fingerprint density at radius 3 is 2.40 bits per heavy atom. The van der Waals surface area contributed by atoms with Gasteiger partial charge in [-0.25, -0.2) is 8.42 Å². The summed E-state index contributed by atoms with van der Waals surface area (Å²) in [5.74, 6) is -0.226. The Labute approximate surface area is 123 Å². The summed E-state index contributed by atoms with van der Waals surface area (Å²) in [5, 5.41) is 0.342. The Bertz CT molecular complexity index is 625. The highest BCUT2D eigenvalue weighted by molar-refractivity contribution is 7.88. The molecule has 0 radical (unpaired) electrons. The molecule has 0 bridgehead atoms. The maximum absolute atomic E-state index is 12.3. The first-order valence-electron chi connectivity index (χ1n) is 6.08. The monoisotopic (exact) mass is 317 g/mol. The molecule has 110 valence electrons. The van der Waals surface area contributed by atoms with Crippen LogP contribution in [0.1, 0.15) is 10.4 Å². The van der Waals surface area contributed by atoms with E-state index in [2.05, 4.69) is 0 Å². The van der Waals surface area contributed by atoms with Gasteiger partial charge in [-0.05, 0) is 18.2 Å². The van der Waals surface area contributed by atoms with E-state index in [1.165, 1.54) is 16.6 Å². The summed E-state index contributed by atoms with van der Waals surface area (Å²) >= 11 is 6.00. The number of benzene rings is 1. The van der Waals surface area contributed by atoms with Gasteiger partial charge in [-0.15, -0.1) is 0 Å². The molecule has 1 fully saturated rings. The third kappa shape index (κ3) is 3.23. The van der Waals surface area contributed by atoms with Crippen molar-refractivity contribution in [2.75, 3.05) is 38.2 Å². The first kappa shape index (κ1) is 15.1. The molecule has 1 aliphatic heterocycles. The van der Waals surface area contributed by atoms with Crippen molar-refractivity contribution >= 4 is 33.2 Å². The summed E-state index contributed by atoms with van der Waals surface area (Å²) in [6.07, 6.45) is 1.17. The third-order valence-electron chi connectivity index (χ3n) is 3.22. The van der Waals surface area contributed by atoms with Crippen LogP contribution in [0, 0.1) is 0 Å². The zero-order valence-corrected chi connectivity index (χ0v) is 12.6. The van der Waals surface area contributed by atoms with E-state index in [0.29, 0.717) is 42.5 Å². The predicted octanol–water partition coefficient (Wildman–Crippen LogP) is 0.640. The lowest BCUT2D eigenvalue weighted by Gasteiger charge is -2.33. The average Bonchev–Trinajstić information content (AvgIpc) is 2.40. The van der Waals surface area contributed by atoms with Gasteiger partial charge in [0, 0.05) is 31.9 Å². The van der Waals surface area contributed by atoms with Crippen LogP contribution >= 0.6 is 11.6 Å². The largest absolute Gasteiger partial charge is 0.399 e. The molecule has 6 nitrogen and oxygen atoms in total. The summed E-state index contributed by atoms with van der Waals surface area (Å²) in [6, 6.07) is 4.74. The number of carbonyl (C=O) groups excluding carboxylic acids is 1. The Hall–Kier alpha value is -1.31. The van der Waals surface area contributed by atoms with Gasteiger partial charge in [-0.3, -0.25) is 4.79 Å². The van der Waals surface area contributed by atoms with Crippen molar-refractivity contribution in [1.82, 2.24) is 9.21 Å². The molecule has 1 heterocycles. The van der Waals surface area contributed by atoms with Crippen molar-refractivity contribution in [3.63, 3.8) is 0 Å². The molecule has 2 N–H and O–H groups in total. The Kier molecular flexibility index (Phi) is 4.22. The van der Waals surface area contributed by atoms with Crippen LogP contribution in [0.15, 0.2) is 18.2 Å². The molecule has 1 aromatic carbocycles. The molecule has 20 heavy (non-hydrogen) atoms. The van der Waals surface area contributed by atoms with Crippen molar-refractivity contribution in [2.24, 2.45) is 0 Å². The maximum atomic E-state index is 12.3. The molecule has 0 spiro atoms. The van der Waals surface area contributed by atoms with E-state index in [1.807, 2.05) is 0 Å². The lowest BCUT2D eigenvalue weighted by Crippen LogP contribution is -2.50. The summed E-state index contributed by atoms with van der Waals surface area (Å²) in [6.45, 7) is 1.28. The number of piperazine rings is 1. The number of amides is 1. The Morgan fingerprint density at radius 1 is 1.25 bits per heavy atom. The zero-order chi connectivity index (χ0) is 14.9. The SMILES string of the molecule is CS(=O)(=O)N1CCN(C(=O)c2cc(N)ccc2Cl)CC1. The number of sulfonamides is 1. The van der Waals surface area contributed by atoms with Crippen LogP contribution in [-0.2, 0) is 10.0 Å². The molecule has 1 amide bonds. The van der Waals surface area contributed by atoms with E-state index >= 15 is 0 Å². The number of hydrogen-bond acceptors (Lipinski definition) is 4. The fraction of sp³-hybridized carbons (Fsp3) is 0.417. The van der Waals surface area contributed by atoms with Crippen molar-refractivity contribution in [1.29, 1.82) is 0 Å². The van der Waals surface area contributed by atoms with Crippen molar-refractivity contribution in [3.8, 4) is 0 Å². The predicted molar refractivity (Wildman–Crippen MR) is 78.2 cm³/mol. The van der Waals surface area contributed by atoms with E-state index in [4.69, 9.17) is 17.3 Å². The molecule has 0 saturated carbocycles. The molecule has 0 aliphatic carbocycles. The van der Waals surface area contributed by atoms with Crippen molar-refractivity contribution < 1.29 is 13.2 Å². The highest BCUT2D eigenvalue weighted by atomic mass is 35.5. The molecule has 0 unspecified atom stereocenters. The topological polar surface area (TPSA) is 83.7 Å². The van der Waals surface area contributed by atoms with Gasteiger partial charge in [0.25, 0.3) is 5.91 Å². The number of nitrogens with two attached hydrogens (primary N) is 1. The van der Waals surface area contributed by atoms with E-state index in [0.717, 1.165) is 0 Å². The molecule has 2 rings (SSSR count). The number of rotatable bonds is 2. The summed E-state index contributed by atoms with van der Waals surface area (Å²) in [4.78, 5) is 13.9. The fourth-order valence-corrected chi connectivity index (χ4v) is 3.12. The van der Waals surface area contributed by atoms with Crippen LogP contribution in [0.5, 0.6) is 0 Å². The fourth-order valence-electron chi connectivity index (χ4n) is 2.10. The molecular formula is C12H16ClN3O3S. The Morgan fingerprint density at radius 2 is 1.85 bits per heavy atom. The molecule has 0 atom stereocenters. The summed E-state index contributed by atoms with van der Waals surface area (Å²) < 4.78 is 24.2. The van der Waals surface area contributed by atoms with Crippen LogP contribution in [0.4, 0.5) is 5.69 Å². The molecule has 0 aromatic heterocycles. The number of halogens is 1. The van der Waals surface area contributed by atoms with Gasteiger partial charge in [0.1, 0.15) is 0 Å². The number of nitrogens with zero attached hydrogens (tertiary/aromatic N) is 2. The number of hydrogen-bond donors (Lipinski definition) is 1. The highest BCUT2D eigenvalue weighted by Gasteiger charge is 2.27. The van der Waals surface area contributed by atoms with Crippen LogP contribution in [0.2, 0.25) is 5.02 Å². The number of carbonyl (C=O) groups is 1. The number of anilines is 1. The summed E-state index contributed by atoms with van der Waals surface area (Å²) in [7, 11) is -3.21. The summed E-state index contributed by atoms with van der Waals surface area (Å²) in [5.41, 5.74) is 6.47. The van der Waals surface area contributed by atoms with E-state index in [-0.39, 0.29) is 5.91 Å². The molecule has 1 aliphatic rings. The number of nitrogen functional groups attached to an aromatic ring is 1. The maximum Gasteiger partial charge on any atom is 0.255 e. The standard InChI is InChI=1S/C12H16ClN3O3S/c1-20(18,19)16-6-4-15(5-7-16)12(17)10-8-9(14)2-3-11(10)13/h2-3,8H,4-7,14H2,1H3. The first-order chi connectivity index (χ1) is 9.29. The second kappa shape index (κ2) is 5.59. The van der Waals surface area contributed by atoms with Gasteiger partial charge >= 0.3 is 0 Å². The van der Waals surface area contributed by atoms with Gasteiger partial charge in [0.2, 0.25) is 10.0 Å². The minimum Gasteiger partial charge on any atom is -0.399 e. The van der Waals surface area contributed by atoms with Crippen LogP contribution in [-0.4, -0.2) is 56.0 Å². The van der Waals surface area contributed by atoms with Crippen molar-refractivity contribution in [3.05, 3.63) is 28.8 Å². The third-order valence-corrected chi connectivity index (χ3v) is 4.85. The van der Waals surface area contributed by atoms with E-state index in [1.54, 1.807) is 17.0 Å². The van der Waals surface area contributed by atoms with Crippen LogP contribution in [0.25, 0.3) is 0 Å². The zero-order valence-electron chi connectivity index (χ0n) is 11.0. The van der Waals surface area contributed by atoms with Gasteiger partial charge in [0.05, 0.1) is 16.8 Å². The van der Waals surface area contributed by atoms with Crippen LogP contribution < -0.4 is 5.73 Å².